The Balaban J connectivity index is 2.04. The van der Waals surface area contributed by atoms with Crippen LogP contribution in [0.2, 0.25) is 0 Å². The molecule has 0 amide bonds. The SMILES string of the molecule is O=C1C=COC2(COC(=O)C23CC=CC3)C1. The number of hydrogen-bond acceptors (Lipinski definition) is 4. The molecule has 3 rings (SSSR count). The van der Waals surface area contributed by atoms with E-state index in [4.69, 9.17) is 9.47 Å². The van der Waals surface area contributed by atoms with Crippen molar-refractivity contribution < 1.29 is 19.1 Å². The zero-order valence-electron chi connectivity index (χ0n) is 8.77. The zero-order chi connectivity index (χ0) is 11.2. The second-order valence-electron chi connectivity index (χ2n) is 4.60. The van der Waals surface area contributed by atoms with Gasteiger partial charge in [-0.1, -0.05) is 12.2 Å². The summed E-state index contributed by atoms with van der Waals surface area (Å²) >= 11 is 0. The van der Waals surface area contributed by atoms with Crippen molar-refractivity contribution >= 4 is 11.8 Å². The lowest BCUT2D eigenvalue weighted by Crippen LogP contribution is -2.51. The standard InChI is InChI=1S/C12H12O4/c13-9-3-6-16-12(7-9)8-15-10(14)11(12)4-1-2-5-11/h1-3,6H,4-5,7-8H2. The zero-order valence-corrected chi connectivity index (χ0v) is 8.77. The van der Waals surface area contributed by atoms with Crippen LogP contribution < -0.4 is 0 Å². The van der Waals surface area contributed by atoms with Crippen LogP contribution in [0.25, 0.3) is 0 Å². The second-order valence-corrected chi connectivity index (χ2v) is 4.60. The topological polar surface area (TPSA) is 52.6 Å². The number of esters is 1. The largest absolute Gasteiger partial charge is 0.489 e. The van der Waals surface area contributed by atoms with Crippen LogP contribution in [0.15, 0.2) is 24.5 Å². The van der Waals surface area contributed by atoms with Gasteiger partial charge in [-0.2, -0.15) is 0 Å². The van der Waals surface area contributed by atoms with Gasteiger partial charge < -0.3 is 9.47 Å². The van der Waals surface area contributed by atoms with Gasteiger partial charge in [0.2, 0.25) is 0 Å². The lowest BCUT2D eigenvalue weighted by Gasteiger charge is -2.39. The average Bonchev–Trinajstić information content (AvgIpc) is 2.84. The summed E-state index contributed by atoms with van der Waals surface area (Å²) in [4.78, 5) is 23.4. The molecule has 1 saturated heterocycles. The number of cyclic esters (lactones) is 1. The van der Waals surface area contributed by atoms with E-state index in [1.165, 1.54) is 12.3 Å². The first-order valence-corrected chi connectivity index (χ1v) is 5.38. The summed E-state index contributed by atoms with van der Waals surface area (Å²) < 4.78 is 10.8. The second kappa shape index (κ2) is 2.97. The van der Waals surface area contributed by atoms with E-state index < -0.39 is 11.0 Å². The molecule has 0 aromatic heterocycles. The molecule has 16 heavy (non-hydrogen) atoms. The van der Waals surface area contributed by atoms with Crippen LogP contribution in [0.1, 0.15) is 19.3 Å². The van der Waals surface area contributed by atoms with Crippen LogP contribution >= 0.6 is 0 Å². The summed E-state index contributed by atoms with van der Waals surface area (Å²) in [5.41, 5.74) is -1.45. The van der Waals surface area contributed by atoms with Crippen molar-refractivity contribution in [3.05, 3.63) is 24.5 Å². The van der Waals surface area contributed by atoms with E-state index in [-0.39, 0.29) is 24.8 Å². The van der Waals surface area contributed by atoms with E-state index in [1.54, 1.807) is 0 Å². The lowest BCUT2D eigenvalue weighted by molar-refractivity contribution is -0.149. The molecule has 3 aliphatic rings. The van der Waals surface area contributed by atoms with Gasteiger partial charge in [-0.3, -0.25) is 9.59 Å². The fourth-order valence-corrected chi connectivity index (χ4v) is 2.82. The quantitative estimate of drug-likeness (QED) is 0.453. The molecular weight excluding hydrogens is 208 g/mol. The Kier molecular flexibility index (Phi) is 1.79. The van der Waals surface area contributed by atoms with Crippen molar-refractivity contribution in [3.63, 3.8) is 0 Å². The summed E-state index contributed by atoms with van der Waals surface area (Å²) in [5, 5.41) is 0. The van der Waals surface area contributed by atoms with E-state index in [0.29, 0.717) is 12.8 Å². The summed E-state index contributed by atoms with van der Waals surface area (Å²) in [7, 11) is 0. The first kappa shape index (κ1) is 9.63. The third-order valence-corrected chi connectivity index (χ3v) is 3.81. The first-order valence-electron chi connectivity index (χ1n) is 5.38. The molecule has 1 atom stereocenters. The fourth-order valence-electron chi connectivity index (χ4n) is 2.82. The van der Waals surface area contributed by atoms with Crippen LogP contribution in [0.3, 0.4) is 0 Å². The molecule has 0 N–H and O–H groups in total. The number of fused-ring (bicyclic) bond motifs is 1. The van der Waals surface area contributed by atoms with Crippen molar-refractivity contribution in [2.75, 3.05) is 6.61 Å². The van der Waals surface area contributed by atoms with Crippen LogP contribution in [0.4, 0.5) is 0 Å². The number of allylic oxidation sites excluding steroid dienone is 3. The molecule has 0 bridgehead atoms. The lowest BCUT2D eigenvalue weighted by atomic mass is 9.69. The summed E-state index contributed by atoms with van der Waals surface area (Å²) in [6.07, 6.45) is 8.16. The van der Waals surface area contributed by atoms with E-state index in [9.17, 15) is 9.59 Å². The third-order valence-electron chi connectivity index (χ3n) is 3.81. The summed E-state index contributed by atoms with van der Waals surface area (Å²) in [6.45, 7) is 0.184. The van der Waals surface area contributed by atoms with Crippen LogP contribution in [-0.2, 0) is 19.1 Å². The maximum Gasteiger partial charge on any atom is 0.317 e. The van der Waals surface area contributed by atoms with Gasteiger partial charge in [0.1, 0.15) is 12.0 Å². The Morgan fingerprint density at radius 1 is 1.19 bits per heavy atom. The van der Waals surface area contributed by atoms with Crippen LogP contribution in [-0.4, -0.2) is 24.0 Å². The number of rotatable bonds is 0. The number of carbonyl (C=O) groups is 2. The Morgan fingerprint density at radius 3 is 2.62 bits per heavy atom. The van der Waals surface area contributed by atoms with E-state index >= 15 is 0 Å². The van der Waals surface area contributed by atoms with Crippen LogP contribution in [0.5, 0.6) is 0 Å². The van der Waals surface area contributed by atoms with Gasteiger partial charge in [0.05, 0.1) is 12.7 Å². The molecule has 1 aliphatic carbocycles. The molecule has 1 fully saturated rings. The van der Waals surface area contributed by atoms with Gasteiger partial charge in [-0.05, 0) is 12.8 Å². The van der Waals surface area contributed by atoms with Crippen molar-refractivity contribution in [1.82, 2.24) is 0 Å². The molecule has 4 heteroatoms. The van der Waals surface area contributed by atoms with E-state index in [2.05, 4.69) is 0 Å². The summed E-state index contributed by atoms with van der Waals surface area (Å²) in [5.74, 6) is -0.239. The highest BCUT2D eigenvalue weighted by atomic mass is 16.6. The molecule has 2 aliphatic heterocycles. The molecule has 2 heterocycles. The highest BCUT2D eigenvalue weighted by Crippen LogP contribution is 2.53. The van der Waals surface area contributed by atoms with Gasteiger partial charge in [-0.25, -0.2) is 0 Å². The molecule has 0 aromatic carbocycles. The third kappa shape index (κ3) is 0.991. The first-order chi connectivity index (χ1) is 7.69. The highest BCUT2D eigenvalue weighted by molar-refractivity contribution is 5.93. The van der Waals surface area contributed by atoms with Crippen molar-refractivity contribution in [2.45, 2.75) is 24.9 Å². The van der Waals surface area contributed by atoms with E-state index in [1.807, 2.05) is 12.2 Å². The number of carbonyl (C=O) groups excluding carboxylic acids is 2. The Morgan fingerprint density at radius 2 is 1.94 bits per heavy atom. The predicted octanol–water partition coefficient (Wildman–Crippen LogP) is 1.12. The number of hydrogen-bond donors (Lipinski definition) is 0. The van der Waals surface area contributed by atoms with Gasteiger partial charge >= 0.3 is 5.97 Å². The smallest absolute Gasteiger partial charge is 0.317 e. The van der Waals surface area contributed by atoms with Gasteiger partial charge in [0.15, 0.2) is 11.4 Å². The minimum absolute atomic E-state index is 0.00387. The maximum absolute atomic E-state index is 11.9. The van der Waals surface area contributed by atoms with Gasteiger partial charge in [-0.15, -0.1) is 0 Å². The number of ether oxygens (including phenoxy) is 2. The van der Waals surface area contributed by atoms with E-state index in [0.717, 1.165) is 0 Å². The van der Waals surface area contributed by atoms with Crippen LogP contribution in [0, 0.1) is 5.41 Å². The van der Waals surface area contributed by atoms with Crippen molar-refractivity contribution in [3.8, 4) is 0 Å². The fraction of sp³-hybridized carbons (Fsp3) is 0.500. The summed E-state index contributed by atoms with van der Waals surface area (Å²) in [6, 6.07) is 0. The normalized spacial score (nSPS) is 34.8. The molecule has 84 valence electrons. The predicted molar refractivity (Wildman–Crippen MR) is 54.3 cm³/mol. The van der Waals surface area contributed by atoms with Gasteiger partial charge in [0, 0.05) is 6.08 Å². The van der Waals surface area contributed by atoms with Crippen molar-refractivity contribution in [2.24, 2.45) is 5.41 Å². The minimum atomic E-state index is -0.778. The number of ketones is 1. The highest BCUT2D eigenvalue weighted by Gasteiger charge is 2.65. The minimum Gasteiger partial charge on any atom is -0.489 e. The molecule has 0 saturated carbocycles. The van der Waals surface area contributed by atoms with Crippen molar-refractivity contribution in [1.29, 1.82) is 0 Å². The average molecular weight is 220 g/mol. The Labute approximate surface area is 92.9 Å². The molecule has 1 unspecified atom stereocenters. The monoisotopic (exact) mass is 220 g/mol. The van der Waals surface area contributed by atoms with Gasteiger partial charge in [0.25, 0.3) is 0 Å². The molecule has 0 aromatic rings. The maximum atomic E-state index is 11.9. The molecule has 0 radical (unpaired) electrons. The molecule has 4 nitrogen and oxygen atoms in total. The molecule has 2 spiro atoms. The molecular formula is C12H12O4. The Hall–Kier alpha value is -1.58. The Bertz CT molecular complexity index is 413.